The number of aromatic amines is 1. The van der Waals surface area contributed by atoms with E-state index in [-0.39, 0.29) is 24.8 Å². The number of carbonyl (C=O) groups is 6. The van der Waals surface area contributed by atoms with Gasteiger partial charge in [0, 0.05) is 24.9 Å². The Balaban J connectivity index is 2.04. The lowest BCUT2D eigenvalue weighted by atomic mass is 10.0. The fourth-order valence-corrected chi connectivity index (χ4v) is 4.21. The van der Waals surface area contributed by atoms with E-state index in [2.05, 4.69) is 31.2 Å². The van der Waals surface area contributed by atoms with Crippen molar-refractivity contribution in [1.82, 2.24) is 36.1 Å². The number of carboxylic acids is 1. The number of nitrogens with one attached hydrogen (secondary N) is 5. The van der Waals surface area contributed by atoms with Crippen LogP contribution in [0.1, 0.15) is 46.2 Å². The molecule has 1 fully saturated rings. The van der Waals surface area contributed by atoms with Crippen LogP contribution in [-0.4, -0.2) is 99.3 Å². The van der Waals surface area contributed by atoms with Crippen molar-refractivity contribution < 1.29 is 33.9 Å². The average molecular weight is 565 g/mol. The van der Waals surface area contributed by atoms with Gasteiger partial charge in [-0.1, -0.05) is 27.7 Å². The number of carbonyl (C=O) groups excluding carboxylic acids is 5. The van der Waals surface area contributed by atoms with Gasteiger partial charge in [0.1, 0.15) is 24.7 Å². The van der Waals surface area contributed by atoms with E-state index >= 15 is 0 Å². The fourth-order valence-electron chi connectivity index (χ4n) is 4.21. The van der Waals surface area contributed by atoms with Crippen molar-refractivity contribution in [1.29, 1.82) is 0 Å². The molecule has 1 saturated heterocycles. The molecule has 1 aliphatic rings. The van der Waals surface area contributed by atoms with Crippen LogP contribution in [0.3, 0.4) is 0 Å². The topological polar surface area (TPSA) is 229 Å². The smallest absolute Gasteiger partial charge is 0.322 e. The maximum Gasteiger partial charge on any atom is 0.322 e. The zero-order valence-electron chi connectivity index (χ0n) is 23.2. The van der Waals surface area contributed by atoms with Crippen molar-refractivity contribution in [3.05, 3.63) is 18.2 Å². The van der Waals surface area contributed by atoms with E-state index < -0.39 is 72.8 Å². The number of hydrogen-bond donors (Lipinski definition) is 7. The van der Waals surface area contributed by atoms with E-state index in [4.69, 9.17) is 10.8 Å². The molecule has 1 aliphatic heterocycles. The second kappa shape index (κ2) is 15.0. The summed E-state index contributed by atoms with van der Waals surface area (Å²) in [5.74, 6) is -4.54. The molecule has 0 aromatic carbocycles. The van der Waals surface area contributed by atoms with E-state index in [0.29, 0.717) is 18.5 Å². The Morgan fingerprint density at radius 1 is 1.05 bits per heavy atom. The number of aliphatic carboxylic acids is 1. The summed E-state index contributed by atoms with van der Waals surface area (Å²) in [6.45, 7) is 6.18. The van der Waals surface area contributed by atoms with Gasteiger partial charge in [0.15, 0.2) is 0 Å². The molecule has 4 atom stereocenters. The lowest BCUT2D eigenvalue weighted by Gasteiger charge is -2.29. The highest BCUT2D eigenvalue weighted by Crippen LogP contribution is 2.20. The van der Waals surface area contributed by atoms with E-state index in [0.717, 1.165) is 0 Å². The summed E-state index contributed by atoms with van der Waals surface area (Å²) in [4.78, 5) is 82.9. The molecule has 2 rings (SSSR count). The minimum Gasteiger partial charge on any atom is -0.480 e. The van der Waals surface area contributed by atoms with Crippen molar-refractivity contribution >= 4 is 35.5 Å². The van der Waals surface area contributed by atoms with Gasteiger partial charge in [-0.05, 0) is 24.7 Å². The monoisotopic (exact) mass is 564 g/mol. The third kappa shape index (κ3) is 9.32. The van der Waals surface area contributed by atoms with Gasteiger partial charge in [0.05, 0.1) is 18.9 Å². The molecule has 0 spiro atoms. The number of nitrogens with two attached hydrogens (primary N) is 1. The molecule has 2 heterocycles. The Labute approximate surface area is 232 Å². The van der Waals surface area contributed by atoms with Crippen LogP contribution in [0.2, 0.25) is 0 Å². The van der Waals surface area contributed by atoms with Crippen LogP contribution in [-0.2, 0) is 35.2 Å². The van der Waals surface area contributed by atoms with Crippen LogP contribution in [0.15, 0.2) is 12.5 Å². The van der Waals surface area contributed by atoms with Gasteiger partial charge in [-0.3, -0.25) is 28.8 Å². The van der Waals surface area contributed by atoms with Crippen molar-refractivity contribution in [2.24, 2.45) is 17.6 Å². The lowest BCUT2D eigenvalue weighted by Crippen LogP contribution is -2.57. The summed E-state index contributed by atoms with van der Waals surface area (Å²) < 4.78 is 0. The normalized spacial score (nSPS) is 17.2. The van der Waals surface area contributed by atoms with Crippen molar-refractivity contribution in [3.63, 3.8) is 0 Å². The van der Waals surface area contributed by atoms with Crippen LogP contribution >= 0.6 is 0 Å². The molecule has 40 heavy (non-hydrogen) atoms. The molecule has 0 unspecified atom stereocenters. The molecular formula is C25H40N8O7. The number of hydrogen-bond acceptors (Lipinski definition) is 8. The Kier molecular flexibility index (Phi) is 12.0. The number of aromatic nitrogens is 2. The highest BCUT2D eigenvalue weighted by molar-refractivity contribution is 5.95. The number of rotatable bonds is 14. The van der Waals surface area contributed by atoms with Crippen LogP contribution in [0, 0.1) is 11.8 Å². The van der Waals surface area contributed by atoms with E-state index in [1.54, 1.807) is 27.7 Å². The first-order valence-electron chi connectivity index (χ1n) is 13.2. The number of imidazole rings is 1. The number of likely N-dealkylation sites (tertiary alicyclic amines) is 1. The van der Waals surface area contributed by atoms with Gasteiger partial charge < -0.3 is 42.0 Å². The largest absolute Gasteiger partial charge is 0.480 e. The molecule has 8 N–H and O–H groups in total. The van der Waals surface area contributed by atoms with Crippen molar-refractivity contribution in [2.45, 2.75) is 71.1 Å². The average Bonchev–Trinajstić information content (AvgIpc) is 3.59. The molecule has 0 radical (unpaired) electrons. The molecule has 15 heteroatoms. The Morgan fingerprint density at radius 3 is 2.33 bits per heavy atom. The molecule has 222 valence electrons. The summed E-state index contributed by atoms with van der Waals surface area (Å²) in [7, 11) is 0. The highest BCUT2D eigenvalue weighted by atomic mass is 16.4. The number of nitrogens with zero attached hydrogens (tertiary/aromatic N) is 2. The maximum atomic E-state index is 13.5. The first-order valence-corrected chi connectivity index (χ1v) is 13.2. The zero-order valence-corrected chi connectivity index (χ0v) is 23.2. The molecular weight excluding hydrogens is 524 g/mol. The first-order chi connectivity index (χ1) is 18.8. The summed E-state index contributed by atoms with van der Waals surface area (Å²) in [6, 6.07) is -3.68. The second-order valence-electron chi connectivity index (χ2n) is 10.4. The first kappa shape index (κ1) is 32.2. The number of amides is 5. The second-order valence-corrected chi connectivity index (χ2v) is 10.4. The van der Waals surface area contributed by atoms with Crippen LogP contribution < -0.4 is 27.0 Å². The predicted molar refractivity (Wildman–Crippen MR) is 142 cm³/mol. The van der Waals surface area contributed by atoms with Gasteiger partial charge in [-0.2, -0.15) is 0 Å². The summed E-state index contributed by atoms with van der Waals surface area (Å²) in [5.41, 5.74) is 6.58. The SMILES string of the molecule is CC(C)[C@H](N)C(=O)N[C@@H](Cc1cnc[nH]1)C(=O)N1CCC[C@H]1C(=O)NCC(=O)N[C@H](C(=O)NCC(=O)O)C(C)C. The maximum absolute atomic E-state index is 13.5. The summed E-state index contributed by atoms with van der Waals surface area (Å²) in [6.07, 6.45) is 4.01. The number of H-pyrrole nitrogens is 1. The molecule has 1 aromatic heterocycles. The molecule has 15 nitrogen and oxygen atoms in total. The Hall–Kier alpha value is -4.01. The quantitative estimate of drug-likeness (QED) is 0.131. The molecule has 5 amide bonds. The zero-order chi connectivity index (χ0) is 30.0. The van der Waals surface area contributed by atoms with E-state index in [1.165, 1.54) is 17.4 Å². The molecule has 0 aliphatic carbocycles. The van der Waals surface area contributed by atoms with Gasteiger partial charge in [0.2, 0.25) is 29.5 Å². The van der Waals surface area contributed by atoms with Gasteiger partial charge in [-0.25, -0.2) is 4.98 Å². The van der Waals surface area contributed by atoms with Crippen molar-refractivity contribution in [3.8, 4) is 0 Å². The van der Waals surface area contributed by atoms with Crippen LogP contribution in [0.5, 0.6) is 0 Å². The van der Waals surface area contributed by atoms with Gasteiger partial charge in [0.25, 0.3) is 0 Å². The Morgan fingerprint density at radius 2 is 1.75 bits per heavy atom. The molecule has 0 bridgehead atoms. The number of carboxylic acid groups (broad SMARTS) is 1. The lowest BCUT2D eigenvalue weighted by molar-refractivity contribution is -0.142. The fraction of sp³-hybridized carbons (Fsp3) is 0.640. The minimum atomic E-state index is -1.22. The predicted octanol–water partition coefficient (Wildman–Crippen LogP) is -2.13. The summed E-state index contributed by atoms with van der Waals surface area (Å²) >= 11 is 0. The van der Waals surface area contributed by atoms with Crippen LogP contribution in [0.25, 0.3) is 0 Å². The minimum absolute atomic E-state index is 0.114. The highest BCUT2D eigenvalue weighted by Gasteiger charge is 2.38. The summed E-state index contributed by atoms with van der Waals surface area (Å²) in [5, 5.41) is 18.7. The van der Waals surface area contributed by atoms with Gasteiger partial charge in [-0.15, -0.1) is 0 Å². The van der Waals surface area contributed by atoms with E-state index in [9.17, 15) is 28.8 Å². The third-order valence-electron chi connectivity index (χ3n) is 6.56. The third-order valence-corrected chi connectivity index (χ3v) is 6.56. The van der Waals surface area contributed by atoms with E-state index in [1.807, 2.05) is 0 Å². The van der Waals surface area contributed by atoms with Crippen molar-refractivity contribution in [2.75, 3.05) is 19.6 Å². The van der Waals surface area contributed by atoms with Crippen LogP contribution in [0.4, 0.5) is 0 Å². The van der Waals surface area contributed by atoms with Gasteiger partial charge >= 0.3 is 5.97 Å². The standard InChI is InChI=1S/C25H40N8O7/c1-13(2)20(26)23(38)31-16(8-15-9-27-12-30-15)25(40)33-7-5-6-17(33)22(37)28-10-18(34)32-21(14(3)4)24(39)29-11-19(35)36/h9,12-14,16-17,20-21H,5-8,10-11,26H2,1-4H3,(H,27,30)(H,28,37)(H,29,39)(H,31,38)(H,32,34)(H,35,36)/t16-,17-,20-,21-/m0/s1. The molecule has 0 saturated carbocycles. The Bertz CT molecular complexity index is 1060. The molecule has 1 aromatic rings.